The second-order valence-corrected chi connectivity index (χ2v) is 5.48. The van der Waals surface area contributed by atoms with Crippen LogP contribution in [0.3, 0.4) is 0 Å². The summed E-state index contributed by atoms with van der Waals surface area (Å²) in [6, 6.07) is 1.97. The van der Waals surface area contributed by atoms with Gasteiger partial charge >= 0.3 is 0 Å². The van der Waals surface area contributed by atoms with Crippen LogP contribution in [0.15, 0.2) is 24.0 Å². The summed E-state index contributed by atoms with van der Waals surface area (Å²) in [5.41, 5.74) is 3.12. The van der Waals surface area contributed by atoms with Gasteiger partial charge < -0.3 is 4.90 Å². The summed E-state index contributed by atoms with van der Waals surface area (Å²) in [4.78, 5) is 8.07. The van der Waals surface area contributed by atoms with Crippen molar-refractivity contribution in [2.75, 3.05) is 20.1 Å². The van der Waals surface area contributed by atoms with Gasteiger partial charge in [-0.05, 0) is 39.4 Å². The number of aryl methyl sites for hydroxylation is 2. The maximum atomic E-state index is 4.28. The van der Waals surface area contributed by atoms with Crippen molar-refractivity contribution < 1.29 is 0 Å². The Bertz CT molecular complexity index is 449. The van der Waals surface area contributed by atoms with E-state index in [1.165, 1.54) is 10.6 Å². The Labute approximate surface area is 112 Å². The SMILES string of the molecule is Cc1ncsc1CCN(C)CCCn1cccn1. The fraction of sp³-hybridized carbons (Fsp3) is 0.538. The van der Waals surface area contributed by atoms with Crippen LogP contribution in [0.4, 0.5) is 0 Å². The molecule has 0 N–H and O–H groups in total. The zero-order valence-corrected chi connectivity index (χ0v) is 11.9. The van der Waals surface area contributed by atoms with Gasteiger partial charge in [0, 0.05) is 30.4 Å². The summed E-state index contributed by atoms with van der Waals surface area (Å²) in [6.45, 7) is 5.29. The molecule has 18 heavy (non-hydrogen) atoms. The van der Waals surface area contributed by atoms with E-state index < -0.39 is 0 Å². The lowest BCUT2D eigenvalue weighted by Gasteiger charge is -2.16. The van der Waals surface area contributed by atoms with Crippen LogP contribution >= 0.6 is 11.3 Å². The minimum absolute atomic E-state index is 0.997. The van der Waals surface area contributed by atoms with E-state index >= 15 is 0 Å². The van der Waals surface area contributed by atoms with Crippen LogP contribution < -0.4 is 0 Å². The van der Waals surface area contributed by atoms with Crippen molar-refractivity contribution in [1.29, 1.82) is 0 Å². The van der Waals surface area contributed by atoms with Crippen molar-refractivity contribution in [3.8, 4) is 0 Å². The van der Waals surface area contributed by atoms with Crippen LogP contribution in [0.25, 0.3) is 0 Å². The second-order valence-electron chi connectivity index (χ2n) is 4.54. The van der Waals surface area contributed by atoms with Crippen molar-refractivity contribution in [3.63, 3.8) is 0 Å². The minimum atomic E-state index is 0.997. The van der Waals surface area contributed by atoms with Gasteiger partial charge in [0.1, 0.15) is 0 Å². The lowest BCUT2D eigenvalue weighted by Crippen LogP contribution is -2.23. The standard InChI is InChI=1S/C13H20N4S/c1-12-13(18-11-14-12)5-10-16(2)7-4-9-17-8-3-6-15-17/h3,6,8,11H,4-5,7,9-10H2,1-2H3. The van der Waals surface area contributed by atoms with Gasteiger partial charge in [-0.15, -0.1) is 11.3 Å². The van der Waals surface area contributed by atoms with Crippen LogP contribution in [-0.4, -0.2) is 39.8 Å². The number of hydrogen-bond acceptors (Lipinski definition) is 4. The second kappa shape index (κ2) is 6.66. The first-order valence-electron chi connectivity index (χ1n) is 6.30. The average molecular weight is 264 g/mol. The minimum Gasteiger partial charge on any atom is -0.306 e. The highest BCUT2D eigenvalue weighted by Gasteiger charge is 2.04. The molecule has 98 valence electrons. The first kappa shape index (κ1) is 13.2. The van der Waals surface area contributed by atoms with E-state index in [-0.39, 0.29) is 0 Å². The predicted molar refractivity (Wildman–Crippen MR) is 74.9 cm³/mol. The molecule has 2 rings (SSSR count). The molecule has 2 aromatic heterocycles. The third-order valence-electron chi connectivity index (χ3n) is 3.05. The number of likely N-dealkylation sites (N-methyl/N-ethyl adjacent to an activating group) is 1. The monoisotopic (exact) mass is 264 g/mol. The number of thiazole rings is 1. The zero-order chi connectivity index (χ0) is 12.8. The molecule has 0 aliphatic heterocycles. The third-order valence-corrected chi connectivity index (χ3v) is 4.05. The largest absolute Gasteiger partial charge is 0.306 e. The van der Waals surface area contributed by atoms with Crippen molar-refractivity contribution >= 4 is 11.3 Å². The molecule has 0 spiro atoms. The summed E-state index contributed by atoms with van der Waals surface area (Å²) >= 11 is 1.76. The van der Waals surface area contributed by atoms with Gasteiger partial charge in [0.15, 0.2) is 0 Å². The van der Waals surface area contributed by atoms with Gasteiger partial charge in [0.05, 0.1) is 11.2 Å². The normalized spacial score (nSPS) is 11.3. The van der Waals surface area contributed by atoms with Crippen LogP contribution in [0, 0.1) is 6.92 Å². The Hall–Kier alpha value is -1.20. The maximum absolute atomic E-state index is 4.28. The molecule has 0 radical (unpaired) electrons. The van der Waals surface area contributed by atoms with E-state index in [2.05, 4.69) is 29.0 Å². The molecule has 0 atom stereocenters. The number of hydrogen-bond donors (Lipinski definition) is 0. The summed E-state index contributed by atoms with van der Waals surface area (Å²) in [5, 5.41) is 4.20. The number of aromatic nitrogens is 3. The Kier molecular flexibility index (Phi) is 4.90. The number of rotatable bonds is 7. The molecule has 0 amide bonds. The van der Waals surface area contributed by atoms with Gasteiger partial charge in [0.2, 0.25) is 0 Å². The predicted octanol–water partition coefficient (Wildman–Crippen LogP) is 2.21. The lowest BCUT2D eigenvalue weighted by atomic mass is 10.3. The molecular weight excluding hydrogens is 244 g/mol. The van der Waals surface area contributed by atoms with E-state index in [1.807, 2.05) is 28.7 Å². The highest BCUT2D eigenvalue weighted by Crippen LogP contribution is 2.12. The van der Waals surface area contributed by atoms with Crippen molar-refractivity contribution in [3.05, 3.63) is 34.5 Å². The van der Waals surface area contributed by atoms with E-state index in [9.17, 15) is 0 Å². The molecule has 0 aliphatic rings. The van der Waals surface area contributed by atoms with Crippen molar-refractivity contribution in [2.24, 2.45) is 0 Å². The van der Waals surface area contributed by atoms with Gasteiger partial charge in [-0.1, -0.05) is 0 Å². The number of nitrogens with zero attached hydrogens (tertiary/aromatic N) is 4. The molecule has 0 saturated heterocycles. The summed E-state index contributed by atoms with van der Waals surface area (Å²) in [5.74, 6) is 0. The molecule has 4 nitrogen and oxygen atoms in total. The van der Waals surface area contributed by atoms with Crippen LogP contribution in [-0.2, 0) is 13.0 Å². The highest BCUT2D eigenvalue weighted by molar-refractivity contribution is 7.09. The molecule has 5 heteroatoms. The summed E-state index contributed by atoms with van der Waals surface area (Å²) in [6.07, 6.45) is 6.09. The molecule has 0 aromatic carbocycles. The Morgan fingerprint density at radius 2 is 2.28 bits per heavy atom. The van der Waals surface area contributed by atoms with Gasteiger partial charge in [-0.3, -0.25) is 4.68 Å². The fourth-order valence-electron chi connectivity index (χ4n) is 1.91. The van der Waals surface area contributed by atoms with Gasteiger partial charge in [0.25, 0.3) is 0 Å². The Balaban J connectivity index is 1.63. The molecule has 2 aromatic rings. The van der Waals surface area contributed by atoms with Crippen molar-refractivity contribution in [1.82, 2.24) is 19.7 Å². The zero-order valence-electron chi connectivity index (χ0n) is 11.0. The molecule has 2 heterocycles. The Morgan fingerprint density at radius 1 is 1.39 bits per heavy atom. The molecular formula is C13H20N4S. The average Bonchev–Trinajstić information content (AvgIpc) is 2.98. The quantitative estimate of drug-likeness (QED) is 0.769. The van der Waals surface area contributed by atoms with Gasteiger partial charge in [-0.25, -0.2) is 4.98 Å². The fourth-order valence-corrected chi connectivity index (χ4v) is 2.68. The topological polar surface area (TPSA) is 34.0 Å². The van der Waals surface area contributed by atoms with Crippen LogP contribution in [0.1, 0.15) is 17.0 Å². The first-order valence-corrected chi connectivity index (χ1v) is 7.18. The van der Waals surface area contributed by atoms with E-state index in [0.717, 1.165) is 32.5 Å². The molecule has 0 bridgehead atoms. The smallest absolute Gasteiger partial charge is 0.0797 e. The van der Waals surface area contributed by atoms with Gasteiger partial charge in [-0.2, -0.15) is 5.10 Å². The molecule has 0 saturated carbocycles. The van der Waals surface area contributed by atoms with Crippen LogP contribution in [0.2, 0.25) is 0 Å². The molecule has 0 fully saturated rings. The third kappa shape index (κ3) is 3.92. The highest BCUT2D eigenvalue weighted by atomic mass is 32.1. The van der Waals surface area contributed by atoms with E-state index in [0.29, 0.717) is 0 Å². The summed E-state index contributed by atoms with van der Waals surface area (Å²) < 4.78 is 1.99. The molecule has 0 aliphatic carbocycles. The van der Waals surface area contributed by atoms with E-state index in [4.69, 9.17) is 0 Å². The lowest BCUT2D eigenvalue weighted by molar-refractivity contribution is 0.323. The summed E-state index contributed by atoms with van der Waals surface area (Å²) in [7, 11) is 2.18. The van der Waals surface area contributed by atoms with Crippen LogP contribution in [0.5, 0.6) is 0 Å². The maximum Gasteiger partial charge on any atom is 0.0797 e. The molecule has 0 unspecified atom stereocenters. The first-order chi connectivity index (χ1) is 8.75. The Morgan fingerprint density at radius 3 is 2.94 bits per heavy atom. The van der Waals surface area contributed by atoms with E-state index in [1.54, 1.807) is 11.3 Å². The van der Waals surface area contributed by atoms with Crippen molar-refractivity contribution in [2.45, 2.75) is 26.3 Å².